The van der Waals surface area contributed by atoms with Crippen molar-refractivity contribution in [3.05, 3.63) is 0 Å². The lowest BCUT2D eigenvalue weighted by Crippen LogP contribution is -2.53. The maximum Gasteiger partial charge on any atom is 0.325 e. The van der Waals surface area contributed by atoms with Crippen LogP contribution < -0.4 is 26.6 Å². The number of rotatable bonds is 12. The Hall–Kier alpha value is -2.34. The van der Waals surface area contributed by atoms with E-state index in [1.54, 1.807) is 11.8 Å². The molecule has 0 spiro atoms. The van der Waals surface area contributed by atoms with Gasteiger partial charge in [0.1, 0.15) is 12.6 Å². The van der Waals surface area contributed by atoms with E-state index in [4.69, 9.17) is 0 Å². The van der Waals surface area contributed by atoms with Crippen molar-refractivity contribution < 1.29 is 28.7 Å². The maximum atomic E-state index is 12.4. The van der Waals surface area contributed by atoms with Crippen molar-refractivity contribution >= 4 is 41.4 Å². The number of carbonyl (C=O) groups excluding carboxylic acids is 5. The lowest BCUT2D eigenvalue weighted by molar-refractivity contribution is -0.141. The zero-order valence-corrected chi connectivity index (χ0v) is 17.5. The molecule has 0 aromatic heterocycles. The second kappa shape index (κ2) is 13.8. The standard InChI is InChI=1S/C17H29N5O6S/c1-28-15(25)10-20-13(23)8-19-14(24)9-21-16(26)12(5-7-29-2)22-17(27)11-4-3-6-18-11/h11-12,18H,3-10H2,1-2H3,(H,19,24)(H,20,23)(H,21,26)(H,22,27)/t11-,12?/m0/s1. The molecular formula is C17H29N5O6S. The summed E-state index contributed by atoms with van der Waals surface area (Å²) in [6.45, 7) is -0.204. The Labute approximate surface area is 173 Å². The number of methoxy groups -OCH3 is 1. The number of amides is 4. The number of carbonyl (C=O) groups is 5. The molecule has 0 bridgehead atoms. The third-order valence-corrected chi connectivity index (χ3v) is 4.79. The van der Waals surface area contributed by atoms with Crippen molar-refractivity contribution in [2.45, 2.75) is 31.3 Å². The molecule has 0 aromatic carbocycles. The smallest absolute Gasteiger partial charge is 0.325 e. The average molecular weight is 432 g/mol. The minimum atomic E-state index is -0.742. The molecular weight excluding hydrogens is 402 g/mol. The van der Waals surface area contributed by atoms with Gasteiger partial charge in [0.25, 0.3) is 0 Å². The third-order valence-electron chi connectivity index (χ3n) is 4.15. The molecule has 11 nitrogen and oxygen atoms in total. The van der Waals surface area contributed by atoms with E-state index >= 15 is 0 Å². The van der Waals surface area contributed by atoms with Gasteiger partial charge in [-0.2, -0.15) is 11.8 Å². The molecule has 0 saturated carbocycles. The van der Waals surface area contributed by atoms with Crippen molar-refractivity contribution in [1.82, 2.24) is 26.6 Å². The topological polar surface area (TPSA) is 155 Å². The minimum Gasteiger partial charge on any atom is -0.468 e. The summed E-state index contributed by atoms with van der Waals surface area (Å²) in [5.74, 6) is -1.76. The van der Waals surface area contributed by atoms with Crippen LogP contribution in [0, 0.1) is 0 Å². The molecule has 1 saturated heterocycles. The van der Waals surface area contributed by atoms with Crippen LogP contribution in [-0.2, 0) is 28.7 Å². The van der Waals surface area contributed by atoms with Gasteiger partial charge in [0.2, 0.25) is 23.6 Å². The first-order chi connectivity index (χ1) is 13.9. The summed E-state index contributed by atoms with van der Waals surface area (Å²) in [5.41, 5.74) is 0. The summed E-state index contributed by atoms with van der Waals surface area (Å²) in [5, 5.41) is 12.9. The maximum absolute atomic E-state index is 12.4. The lowest BCUT2D eigenvalue weighted by Gasteiger charge is -2.20. The summed E-state index contributed by atoms with van der Waals surface area (Å²) in [6.07, 6.45) is 3.97. The van der Waals surface area contributed by atoms with Gasteiger partial charge in [-0.05, 0) is 37.8 Å². The Balaban J connectivity index is 2.38. The molecule has 5 N–H and O–H groups in total. The van der Waals surface area contributed by atoms with Gasteiger partial charge in [-0.25, -0.2) is 0 Å². The second-order valence-electron chi connectivity index (χ2n) is 6.34. The number of thioether (sulfide) groups is 1. The molecule has 2 atom stereocenters. The molecule has 1 aliphatic heterocycles. The molecule has 164 valence electrons. The van der Waals surface area contributed by atoms with Crippen molar-refractivity contribution in [2.75, 3.05) is 45.3 Å². The van der Waals surface area contributed by atoms with Gasteiger partial charge in [0.15, 0.2) is 0 Å². The van der Waals surface area contributed by atoms with Crippen LogP contribution in [0.25, 0.3) is 0 Å². The number of hydrogen-bond acceptors (Lipinski definition) is 8. The highest BCUT2D eigenvalue weighted by Gasteiger charge is 2.27. The van der Waals surface area contributed by atoms with Crippen LogP contribution in [0.2, 0.25) is 0 Å². The van der Waals surface area contributed by atoms with Crippen LogP contribution in [0.15, 0.2) is 0 Å². The Morgan fingerprint density at radius 1 is 1.07 bits per heavy atom. The predicted molar refractivity (Wildman–Crippen MR) is 107 cm³/mol. The van der Waals surface area contributed by atoms with Crippen molar-refractivity contribution in [1.29, 1.82) is 0 Å². The molecule has 0 aromatic rings. The summed E-state index contributed by atoms with van der Waals surface area (Å²) in [4.78, 5) is 58.9. The zero-order valence-electron chi connectivity index (χ0n) is 16.7. The van der Waals surface area contributed by atoms with Crippen LogP contribution in [0.5, 0.6) is 0 Å². The molecule has 29 heavy (non-hydrogen) atoms. The fourth-order valence-corrected chi connectivity index (χ4v) is 2.99. The third kappa shape index (κ3) is 10.1. The van der Waals surface area contributed by atoms with E-state index in [0.717, 1.165) is 19.4 Å². The first-order valence-electron chi connectivity index (χ1n) is 9.28. The molecule has 0 radical (unpaired) electrons. The van der Waals surface area contributed by atoms with Crippen LogP contribution >= 0.6 is 11.8 Å². The van der Waals surface area contributed by atoms with Gasteiger partial charge < -0.3 is 31.3 Å². The van der Waals surface area contributed by atoms with Crippen molar-refractivity contribution in [3.8, 4) is 0 Å². The summed E-state index contributed by atoms with van der Waals surface area (Å²) in [6, 6.07) is -1.04. The summed E-state index contributed by atoms with van der Waals surface area (Å²) in [7, 11) is 1.19. The Kier molecular flexibility index (Phi) is 11.7. The molecule has 0 aliphatic carbocycles. The fraction of sp³-hybridized carbons (Fsp3) is 0.706. The van der Waals surface area contributed by atoms with E-state index in [1.165, 1.54) is 7.11 Å². The van der Waals surface area contributed by atoms with E-state index in [1.807, 2.05) is 6.26 Å². The molecule has 1 rings (SSSR count). The number of hydrogen-bond donors (Lipinski definition) is 5. The number of nitrogens with one attached hydrogen (secondary N) is 5. The van der Waals surface area contributed by atoms with Gasteiger partial charge in [-0.15, -0.1) is 0 Å². The quantitative estimate of drug-likeness (QED) is 0.212. The highest BCUT2D eigenvalue weighted by Crippen LogP contribution is 2.07. The Morgan fingerprint density at radius 2 is 1.72 bits per heavy atom. The average Bonchev–Trinajstić information content (AvgIpc) is 3.26. The first kappa shape index (κ1) is 24.7. The van der Waals surface area contributed by atoms with E-state index in [-0.39, 0.29) is 31.6 Å². The highest BCUT2D eigenvalue weighted by molar-refractivity contribution is 7.98. The van der Waals surface area contributed by atoms with Crippen molar-refractivity contribution in [2.24, 2.45) is 0 Å². The monoisotopic (exact) mass is 431 g/mol. The largest absolute Gasteiger partial charge is 0.468 e. The van der Waals surface area contributed by atoms with Crippen LogP contribution in [-0.4, -0.2) is 87.0 Å². The van der Waals surface area contributed by atoms with Gasteiger partial charge >= 0.3 is 5.97 Å². The van der Waals surface area contributed by atoms with E-state index in [9.17, 15) is 24.0 Å². The fourth-order valence-electron chi connectivity index (χ4n) is 2.52. The molecule has 4 amide bonds. The van der Waals surface area contributed by atoms with Crippen LogP contribution in [0.3, 0.4) is 0 Å². The summed E-state index contributed by atoms with van der Waals surface area (Å²) < 4.78 is 4.38. The van der Waals surface area contributed by atoms with Crippen LogP contribution in [0.1, 0.15) is 19.3 Å². The van der Waals surface area contributed by atoms with Crippen molar-refractivity contribution in [3.63, 3.8) is 0 Å². The first-order valence-corrected chi connectivity index (χ1v) is 10.7. The SMILES string of the molecule is COC(=O)CNC(=O)CNC(=O)CNC(=O)C(CCSC)NC(=O)[C@@H]1CCCN1. The lowest BCUT2D eigenvalue weighted by atomic mass is 10.1. The zero-order chi connectivity index (χ0) is 21.6. The molecule has 1 heterocycles. The van der Waals surface area contributed by atoms with Crippen LogP contribution in [0.4, 0.5) is 0 Å². The Bertz CT molecular complexity index is 597. The van der Waals surface area contributed by atoms with Gasteiger partial charge in [0.05, 0.1) is 26.2 Å². The normalized spacial score (nSPS) is 16.4. The Morgan fingerprint density at radius 3 is 2.31 bits per heavy atom. The van der Waals surface area contributed by atoms with E-state index in [0.29, 0.717) is 12.2 Å². The predicted octanol–water partition coefficient (Wildman–Crippen LogP) is -2.50. The highest BCUT2D eigenvalue weighted by atomic mass is 32.2. The second-order valence-corrected chi connectivity index (χ2v) is 7.32. The van der Waals surface area contributed by atoms with Gasteiger partial charge in [-0.1, -0.05) is 0 Å². The van der Waals surface area contributed by atoms with Gasteiger partial charge in [-0.3, -0.25) is 24.0 Å². The molecule has 12 heteroatoms. The molecule has 1 aliphatic rings. The molecule has 1 fully saturated rings. The minimum absolute atomic E-state index is 0.226. The number of esters is 1. The molecule has 1 unspecified atom stereocenters. The summed E-state index contributed by atoms with van der Waals surface area (Å²) >= 11 is 1.55. The number of ether oxygens (including phenoxy) is 1. The van der Waals surface area contributed by atoms with Gasteiger partial charge in [0, 0.05) is 0 Å². The van der Waals surface area contributed by atoms with E-state index in [2.05, 4.69) is 31.3 Å². The van der Waals surface area contributed by atoms with E-state index < -0.39 is 29.7 Å².